The van der Waals surface area contributed by atoms with E-state index < -0.39 is 10.8 Å². The number of esters is 2. The van der Waals surface area contributed by atoms with Crippen molar-refractivity contribution in [3.05, 3.63) is 0 Å². The van der Waals surface area contributed by atoms with E-state index in [1.165, 1.54) is 0 Å². The standard InChI is InChI=1S/C20H38O6/c1-7-19(8-2,17(21)25-11-5)15-23-13-14-24-16-20(9-3,10-4)18(22)26-12-6/h7-16H2,1-6H3. The van der Waals surface area contributed by atoms with E-state index in [0.29, 0.717) is 65.3 Å². The molecule has 6 nitrogen and oxygen atoms in total. The molecule has 0 aromatic carbocycles. The van der Waals surface area contributed by atoms with Crippen molar-refractivity contribution in [3.8, 4) is 0 Å². The van der Waals surface area contributed by atoms with Gasteiger partial charge in [0.25, 0.3) is 0 Å². The lowest BCUT2D eigenvalue weighted by Crippen LogP contribution is -2.38. The molecular weight excluding hydrogens is 336 g/mol. The molecule has 0 aliphatic heterocycles. The van der Waals surface area contributed by atoms with Crippen LogP contribution in [-0.2, 0) is 28.5 Å². The average Bonchev–Trinajstić information content (AvgIpc) is 2.65. The summed E-state index contributed by atoms with van der Waals surface area (Å²) in [5, 5.41) is 0. The van der Waals surface area contributed by atoms with Crippen LogP contribution < -0.4 is 0 Å². The van der Waals surface area contributed by atoms with Gasteiger partial charge in [-0.05, 0) is 39.5 Å². The van der Waals surface area contributed by atoms with Gasteiger partial charge in [0, 0.05) is 0 Å². The molecule has 0 aromatic rings. The van der Waals surface area contributed by atoms with Crippen LogP contribution in [0.4, 0.5) is 0 Å². The van der Waals surface area contributed by atoms with Crippen molar-refractivity contribution in [1.29, 1.82) is 0 Å². The quantitative estimate of drug-likeness (QED) is 0.321. The lowest BCUT2D eigenvalue weighted by Gasteiger charge is -2.29. The van der Waals surface area contributed by atoms with Crippen molar-refractivity contribution in [2.45, 2.75) is 67.2 Å². The van der Waals surface area contributed by atoms with Crippen molar-refractivity contribution < 1.29 is 28.5 Å². The van der Waals surface area contributed by atoms with E-state index in [9.17, 15) is 9.59 Å². The first kappa shape index (κ1) is 24.9. The van der Waals surface area contributed by atoms with E-state index in [1.54, 1.807) is 13.8 Å². The predicted octanol–water partition coefficient (Wildman–Crippen LogP) is 3.76. The zero-order valence-corrected chi connectivity index (χ0v) is 17.5. The van der Waals surface area contributed by atoms with E-state index in [4.69, 9.17) is 18.9 Å². The number of carbonyl (C=O) groups is 2. The van der Waals surface area contributed by atoms with Gasteiger partial charge < -0.3 is 18.9 Å². The van der Waals surface area contributed by atoms with Crippen molar-refractivity contribution in [3.63, 3.8) is 0 Å². The number of hydrogen-bond donors (Lipinski definition) is 0. The van der Waals surface area contributed by atoms with Crippen molar-refractivity contribution in [2.24, 2.45) is 10.8 Å². The minimum Gasteiger partial charge on any atom is -0.465 e. The molecule has 0 unspecified atom stereocenters. The average molecular weight is 375 g/mol. The maximum atomic E-state index is 12.2. The second-order valence-electron chi connectivity index (χ2n) is 6.52. The van der Waals surface area contributed by atoms with E-state index in [2.05, 4.69) is 0 Å². The Balaban J connectivity index is 4.43. The van der Waals surface area contributed by atoms with Gasteiger partial charge in [0.05, 0.1) is 50.5 Å². The van der Waals surface area contributed by atoms with Gasteiger partial charge in [-0.2, -0.15) is 0 Å². The monoisotopic (exact) mass is 374 g/mol. The minimum atomic E-state index is -0.600. The lowest BCUT2D eigenvalue weighted by molar-refractivity contribution is -0.163. The molecule has 6 heteroatoms. The van der Waals surface area contributed by atoms with Crippen molar-refractivity contribution in [2.75, 3.05) is 39.6 Å². The van der Waals surface area contributed by atoms with Crippen molar-refractivity contribution >= 4 is 11.9 Å². The van der Waals surface area contributed by atoms with Crippen LogP contribution in [0.3, 0.4) is 0 Å². The first-order chi connectivity index (χ1) is 12.4. The Hall–Kier alpha value is -1.14. The molecule has 0 aliphatic carbocycles. The van der Waals surface area contributed by atoms with Gasteiger partial charge in [-0.1, -0.05) is 27.7 Å². The van der Waals surface area contributed by atoms with Crippen LogP contribution in [0.25, 0.3) is 0 Å². The molecular formula is C20H38O6. The molecule has 0 atom stereocenters. The molecule has 0 amide bonds. The van der Waals surface area contributed by atoms with Gasteiger partial charge in [0.15, 0.2) is 0 Å². The molecule has 0 rings (SSSR count). The highest BCUT2D eigenvalue weighted by atomic mass is 16.6. The second-order valence-corrected chi connectivity index (χ2v) is 6.52. The Morgan fingerprint density at radius 2 is 0.923 bits per heavy atom. The SMILES string of the molecule is CCOC(=O)C(CC)(CC)COCCOCC(CC)(CC)C(=O)OCC. The van der Waals surface area contributed by atoms with Crippen LogP contribution in [0.2, 0.25) is 0 Å². The fraction of sp³-hybridized carbons (Fsp3) is 0.900. The molecule has 0 spiro atoms. The zero-order chi connectivity index (χ0) is 20.1. The molecule has 0 N–H and O–H groups in total. The van der Waals surface area contributed by atoms with Crippen LogP contribution in [0.5, 0.6) is 0 Å². The van der Waals surface area contributed by atoms with Crippen LogP contribution >= 0.6 is 0 Å². The Labute approximate surface area is 158 Å². The smallest absolute Gasteiger partial charge is 0.314 e. The molecule has 0 radical (unpaired) electrons. The summed E-state index contributed by atoms with van der Waals surface area (Å²) < 4.78 is 21.8. The summed E-state index contributed by atoms with van der Waals surface area (Å²) in [6, 6.07) is 0. The van der Waals surface area contributed by atoms with E-state index in [0.717, 1.165) is 0 Å². The van der Waals surface area contributed by atoms with Gasteiger partial charge in [-0.3, -0.25) is 9.59 Å². The molecule has 0 fully saturated rings. The maximum Gasteiger partial charge on any atom is 0.314 e. The largest absolute Gasteiger partial charge is 0.465 e. The fourth-order valence-electron chi connectivity index (χ4n) is 2.82. The minimum absolute atomic E-state index is 0.204. The third-order valence-corrected chi connectivity index (χ3v) is 5.25. The summed E-state index contributed by atoms with van der Waals surface area (Å²) in [6.45, 7) is 13.6. The Morgan fingerprint density at radius 3 is 1.15 bits per heavy atom. The normalized spacial score (nSPS) is 12.1. The van der Waals surface area contributed by atoms with Gasteiger partial charge in [0.2, 0.25) is 0 Å². The second kappa shape index (κ2) is 13.1. The molecule has 0 saturated heterocycles. The number of hydrogen-bond acceptors (Lipinski definition) is 6. The third-order valence-electron chi connectivity index (χ3n) is 5.25. The van der Waals surface area contributed by atoms with Gasteiger partial charge in [-0.15, -0.1) is 0 Å². The molecule has 0 heterocycles. The third kappa shape index (κ3) is 6.88. The first-order valence-electron chi connectivity index (χ1n) is 9.91. The fourth-order valence-corrected chi connectivity index (χ4v) is 2.82. The maximum absolute atomic E-state index is 12.2. The number of carbonyl (C=O) groups excluding carboxylic acids is 2. The highest BCUT2D eigenvalue weighted by Crippen LogP contribution is 2.30. The van der Waals surface area contributed by atoms with E-state index in [1.807, 2.05) is 27.7 Å². The highest BCUT2D eigenvalue weighted by molar-refractivity contribution is 5.77. The van der Waals surface area contributed by atoms with Crippen molar-refractivity contribution in [1.82, 2.24) is 0 Å². The van der Waals surface area contributed by atoms with Gasteiger partial charge in [0.1, 0.15) is 0 Å². The number of rotatable bonds is 15. The summed E-state index contributed by atoms with van der Waals surface area (Å²) in [5.41, 5.74) is -1.20. The van der Waals surface area contributed by atoms with Crippen LogP contribution in [0.1, 0.15) is 67.2 Å². The summed E-state index contributed by atoms with van der Waals surface area (Å²) >= 11 is 0. The molecule has 0 saturated carbocycles. The number of ether oxygens (including phenoxy) is 4. The Kier molecular flexibility index (Phi) is 12.5. The Morgan fingerprint density at radius 1 is 0.615 bits per heavy atom. The van der Waals surface area contributed by atoms with E-state index in [-0.39, 0.29) is 11.9 Å². The molecule has 154 valence electrons. The molecule has 0 aliphatic rings. The first-order valence-corrected chi connectivity index (χ1v) is 9.91. The molecule has 26 heavy (non-hydrogen) atoms. The van der Waals surface area contributed by atoms with Crippen LogP contribution in [0.15, 0.2) is 0 Å². The molecule has 0 aromatic heterocycles. The lowest BCUT2D eigenvalue weighted by atomic mass is 9.83. The Bertz CT molecular complexity index is 361. The van der Waals surface area contributed by atoms with Gasteiger partial charge in [-0.25, -0.2) is 0 Å². The van der Waals surface area contributed by atoms with E-state index >= 15 is 0 Å². The topological polar surface area (TPSA) is 71.1 Å². The summed E-state index contributed by atoms with van der Waals surface area (Å²) in [4.78, 5) is 24.4. The predicted molar refractivity (Wildman–Crippen MR) is 101 cm³/mol. The zero-order valence-electron chi connectivity index (χ0n) is 17.5. The summed E-state index contributed by atoms with van der Waals surface area (Å²) in [7, 11) is 0. The molecule has 0 bridgehead atoms. The highest BCUT2D eigenvalue weighted by Gasteiger charge is 2.38. The van der Waals surface area contributed by atoms with Gasteiger partial charge >= 0.3 is 11.9 Å². The van der Waals surface area contributed by atoms with Crippen LogP contribution in [-0.4, -0.2) is 51.6 Å². The van der Waals surface area contributed by atoms with Crippen LogP contribution in [0, 0.1) is 10.8 Å². The summed E-state index contributed by atoms with van der Waals surface area (Å²) in [6.07, 6.45) is 2.67. The summed E-state index contributed by atoms with van der Waals surface area (Å²) in [5.74, 6) is -0.409.